The average molecular weight is 325 g/mol. The van der Waals surface area contributed by atoms with Crippen molar-refractivity contribution in [2.45, 2.75) is 53.2 Å². The highest BCUT2D eigenvalue weighted by Gasteiger charge is 2.19. The number of benzene rings is 2. The molecule has 2 atom stereocenters. The molecule has 3 nitrogen and oxygen atoms in total. The highest BCUT2D eigenvalue weighted by molar-refractivity contribution is 5.81. The Labute approximate surface area is 145 Å². The Morgan fingerprint density at radius 1 is 1.04 bits per heavy atom. The average Bonchev–Trinajstić information content (AvgIpc) is 2.57. The van der Waals surface area contributed by atoms with Gasteiger partial charge < -0.3 is 10.1 Å². The topological polar surface area (TPSA) is 38.3 Å². The Kier molecular flexibility index (Phi) is 6.02. The van der Waals surface area contributed by atoms with Crippen LogP contribution in [0.15, 0.2) is 42.5 Å². The van der Waals surface area contributed by atoms with Crippen molar-refractivity contribution in [1.82, 2.24) is 5.32 Å². The van der Waals surface area contributed by atoms with Crippen LogP contribution in [0.4, 0.5) is 0 Å². The largest absolute Gasteiger partial charge is 0.481 e. The molecule has 0 fully saturated rings. The molecule has 0 unspecified atom stereocenters. The maximum Gasteiger partial charge on any atom is 0.261 e. The minimum atomic E-state index is -0.534. The van der Waals surface area contributed by atoms with Crippen LogP contribution in [0.5, 0.6) is 5.75 Å². The van der Waals surface area contributed by atoms with Crippen LogP contribution in [0.2, 0.25) is 0 Å². The first-order valence-corrected chi connectivity index (χ1v) is 8.51. The predicted molar refractivity (Wildman–Crippen MR) is 98.4 cm³/mol. The molecule has 0 spiro atoms. The summed E-state index contributed by atoms with van der Waals surface area (Å²) in [5.41, 5.74) is 4.80. The van der Waals surface area contributed by atoms with E-state index in [1.807, 2.05) is 31.2 Å². The molecular formula is C21H27NO2. The summed E-state index contributed by atoms with van der Waals surface area (Å²) in [5.74, 6) is 0.614. The van der Waals surface area contributed by atoms with E-state index in [-0.39, 0.29) is 11.9 Å². The third-order valence-electron chi connectivity index (χ3n) is 4.36. The molecular weight excluding hydrogens is 298 g/mol. The molecule has 1 N–H and O–H groups in total. The van der Waals surface area contributed by atoms with Gasteiger partial charge in [-0.3, -0.25) is 4.79 Å². The van der Waals surface area contributed by atoms with Crippen LogP contribution in [-0.4, -0.2) is 12.0 Å². The van der Waals surface area contributed by atoms with Gasteiger partial charge in [0.2, 0.25) is 0 Å². The second-order valence-corrected chi connectivity index (χ2v) is 6.39. The van der Waals surface area contributed by atoms with E-state index in [4.69, 9.17) is 4.74 Å². The third-order valence-corrected chi connectivity index (χ3v) is 4.36. The molecule has 128 valence electrons. The molecule has 2 rings (SSSR count). The van der Waals surface area contributed by atoms with Gasteiger partial charge in [-0.25, -0.2) is 0 Å². The quantitative estimate of drug-likeness (QED) is 0.840. The van der Waals surface area contributed by atoms with Crippen molar-refractivity contribution in [3.8, 4) is 5.75 Å². The first-order valence-electron chi connectivity index (χ1n) is 8.51. The van der Waals surface area contributed by atoms with Crippen molar-refractivity contribution in [3.05, 3.63) is 64.7 Å². The minimum Gasteiger partial charge on any atom is -0.481 e. The van der Waals surface area contributed by atoms with Gasteiger partial charge in [-0.05, 0) is 62.9 Å². The first kappa shape index (κ1) is 18.1. The number of aryl methyl sites for hydroxylation is 3. The van der Waals surface area contributed by atoms with Crippen molar-refractivity contribution >= 4 is 5.91 Å². The van der Waals surface area contributed by atoms with Crippen LogP contribution in [0.3, 0.4) is 0 Å². The molecule has 0 aliphatic carbocycles. The van der Waals surface area contributed by atoms with Gasteiger partial charge in [0.25, 0.3) is 5.91 Å². The molecule has 24 heavy (non-hydrogen) atoms. The molecule has 0 bridgehead atoms. The van der Waals surface area contributed by atoms with Crippen LogP contribution in [0, 0.1) is 20.8 Å². The van der Waals surface area contributed by atoms with E-state index in [0.717, 1.165) is 12.0 Å². The fourth-order valence-electron chi connectivity index (χ4n) is 2.57. The summed E-state index contributed by atoms with van der Waals surface area (Å²) in [4.78, 5) is 12.5. The molecule has 0 saturated heterocycles. The van der Waals surface area contributed by atoms with Gasteiger partial charge in [0, 0.05) is 0 Å². The molecule has 1 amide bonds. The van der Waals surface area contributed by atoms with E-state index < -0.39 is 6.10 Å². The Morgan fingerprint density at radius 3 is 2.29 bits per heavy atom. The smallest absolute Gasteiger partial charge is 0.261 e. The molecule has 2 aromatic rings. The highest BCUT2D eigenvalue weighted by Crippen LogP contribution is 2.20. The molecule has 0 heterocycles. The summed E-state index contributed by atoms with van der Waals surface area (Å²) >= 11 is 0. The van der Waals surface area contributed by atoms with E-state index in [2.05, 4.69) is 44.3 Å². The third kappa shape index (κ3) is 4.60. The second-order valence-electron chi connectivity index (χ2n) is 6.39. The lowest BCUT2D eigenvalue weighted by Gasteiger charge is -2.21. The van der Waals surface area contributed by atoms with Gasteiger partial charge in [-0.2, -0.15) is 0 Å². The molecule has 3 heteroatoms. The summed E-state index contributed by atoms with van der Waals surface area (Å²) < 4.78 is 5.74. The summed E-state index contributed by atoms with van der Waals surface area (Å²) in [6, 6.07) is 14.1. The first-order chi connectivity index (χ1) is 11.4. The van der Waals surface area contributed by atoms with Crippen LogP contribution in [-0.2, 0) is 4.79 Å². The van der Waals surface area contributed by atoms with Gasteiger partial charge in [0.15, 0.2) is 6.10 Å². The molecule has 2 aromatic carbocycles. The van der Waals surface area contributed by atoms with Crippen LogP contribution in [0.25, 0.3) is 0 Å². The lowest BCUT2D eigenvalue weighted by molar-refractivity contribution is -0.128. The van der Waals surface area contributed by atoms with Crippen molar-refractivity contribution in [3.63, 3.8) is 0 Å². The Bertz CT molecular complexity index is 691. The number of carbonyl (C=O) groups is 1. The number of hydrogen-bond donors (Lipinski definition) is 1. The van der Waals surface area contributed by atoms with Crippen LogP contribution >= 0.6 is 0 Å². The summed E-state index contributed by atoms with van der Waals surface area (Å²) in [5, 5.41) is 3.10. The van der Waals surface area contributed by atoms with E-state index in [1.54, 1.807) is 6.92 Å². The molecule has 0 aliphatic rings. The zero-order chi connectivity index (χ0) is 17.7. The van der Waals surface area contributed by atoms with Gasteiger partial charge >= 0.3 is 0 Å². The van der Waals surface area contributed by atoms with Gasteiger partial charge in [0.05, 0.1) is 6.04 Å². The Balaban J connectivity index is 2.02. The Hall–Kier alpha value is -2.29. The lowest BCUT2D eigenvalue weighted by atomic mass is 9.99. The van der Waals surface area contributed by atoms with E-state index in [9.17, 15) is 4.79 Å². The van der Waals surface area contributed by atoms with Crippen molar-refractivity contribution < 1.29 is 9.53 Å². The molecule has 0 saturated carbocycles. The summed E-state index contributed by atoms with van der Waals surface area (Å²) in [6.07, 6.45) is 0.305. The van der Waals surface area contributed by atoms with Gasteiger partial charge in [0.1, 0.15) is 5.75 Å². The number of hydrogen-bond acceptors (Lipinski definition) is 2. The molecule has 0 aliphatic heterocycles. The zero-order valence-electron chi connectivity index (χ0n) is 15.2. The zero-order valence-corrected chi connectivity index (χ0v) is 15.2. The second kappa shape index (κ2) is 8.00. The number of nitrogens with one attached hydrogen (secondary N) is 1. The van der Waals surface area contributed by atoms with E-state index in [0.29, 0.717) is 5.75 Å². The standard InChI is InChI=1S/C21H27NO2/c1-6-20(18-10-9-15(3)16(4)13-18)22-21(23)17(5)24-19-11-7-14(2)8-12-19/h7-13,17,20H,6H2,1-5H3,(H,22,23)/t17-,20-/m0/s1. The summed E-state index contributed by atoms with van der Waals surface area (Å²) in [6.45, 7) is 10.1. The fraction of sp³-hybridized carbons (Fsp3) is 0.381. The van der Waals surface area contributed by atoms with Gasteiger partial charge in [-0.1, -0.05) is 42.8 Å². The highest BCUT2D eigenvalue weighted by atomic mass is 16.5. The van der Waals surface area contributed by atoms with Crippen LogP contribution in [0.1, 0.15) is 48.6 Å². The van der Waals surface area contributed by atoms with Crippen molar-refractivity contribution in [2.75, 3.05) is 0 Å². The van der Waals surface area contributed by atoms with E-state index >= 15 is 0 Å². The number of amides is 1. The normalized spacial score (nSPS) is 13.2. The number of ether oxygens (including phenoxy) is 1. The van der Waals surface area contributed by atoms with E-state index in [1.165, 1.54) is 16.7 Å². The summed E-state index contributed by atoms with van der Waals surface area (Å²) in [7, 11) is 0. The van der Waals surface area contributed by atoms with Crippen molar-refractivity contribution in [2.24, 2.45) is 0 Å². The number of carbonyl (C=O) groups excluding carboxylic acids is 1. The van der Waals surface area contributed by atoms with Crippen molar-refractivity contribution in [1.29, 1.82) is 0 Å². The van der Waals surface area contributed by atoms with Crippen LogP contribution < -0.4 is 10.1 Å². The lowest BCUT2D eigenvalue weighted by Crippen LogP contribution is -2.38. The predicted octanol–water partition coefficient (Wildman–Crippen LogP) is 4.65. The number of rotatable bonds is 6. The minimum absolute atomic E-state index is 0.000804. The SMILES string of the molecule is CC[C@H](NC(=O)[C@H](C)Oc1ccc(C)cc1)c1ccc(C)c(C)c1. The molecule has 0 radical (unpaired) electrons. The maximum atomic E-state index is 12.5. The molecule has 0 aromatic heterocycles. The monoisotopic (exact) mass is 325 g/mol. The van der Waals surface area contributed by atoms with Gasteiger partial charge in [-0.15, -0.1) is 0 Å². The Morgan fingerprint density at radius 2 is 1.71 bits per heavy atom. The fourth-order valence-corrected chi connectivity index (χ4v) is 2.57. The maximum absolute atomic E-state index is 12.5.